The van der Waals surface area contributed by atoms with E-state index < -0.39 is 10.0 Å². The molecule has 0 atom stereocenters. The second kappa shape index (κ2) is 7.99. The van der Waals surface area contributed by atoms with Crippen molar-refractivity contribution < 1.29 is 13.2 Å². The summed E-state index contributed by atoms with van der Waals surface area (Å²) in [5.74, 6) is -0.141. The molecule has 0 unspecified atom stereocenters. The highest BCUT2D eigenvalue weighted by molar-refractivity contribution is 7.89. The van der Waals surface area contributed by atoms with Crippen molar-refractivity contribution in [2.75, 3.05) is 18.0 Å². The summed E-state index contributed by atoms with van der Waals surface area (Å²) < 4.78 is 27.1. The quantitative estimate of drug-likeness (QED) is 0.836. The molecular weight excluding hydrogens is 360 g/mol. The van der Waals surface area contributed by atoms with Crippen LogP contribution in [0.3, 0.4) is 0 Å². The molecule has 0 aromatic heterocycles. The summed E-state index contributed by atoms with van der Waals surface area (Å²) in [5, 5.41) is 0.469. The van der Waals surface area contributed by atoms with Gasteiger partial charge in [-0.1, -0.05) is 29.3 Å². The summed E-state index contributed by atoms with van der Waals surface area (Å²) in [7, 11) is -3.64. The largest absolute Gasteiger partial charge is 0.311 e. The Morgan fingerprint density at radius 3 is 2.32 bits per heavy atom. The van der Waals surface area contributed by atoms with Crippen molar-refractivity contribution in [1.29, 1.82) is 0 Å². The van der Waals surface area contributed by atoms with Crippen molar-refractivity contribution >= 4 is 33.2 Å². The monoisotopic (exact) mass is 380 g/mol. The van der Waals surface area contributed by atoms with E-state index in [9.17, 15) is 13.2 Å². The predicted molar refractivity (Wildman–Crippen MR) is 101 cm³/mol. The van der Waals surface area contributed by atoms with Gasteiger partial charge in [-0.3, -0.25) is 4.79 Å². The number of sulfonamides is 1. The van der Waals surface area contributed by atoms with Gasteiger partial charge in [0.05, 0.1) is 4.90 Å². The number of rotatable bonds is 6. The van der Waals surface area contributed by atoms with Crippen LogP contribution < -0.4 is 9.62 Å². The number of benzene rings is 2. The number of carbonyl (C=O) groups is 1. The Balaban J connectivity index is 2.09. The minimum absolute atomic E-state index is 0.109. The Labute approximate surface area is 153 Å². The van der Waals surface area contributed by atoms with Crippen LogP contribution in [0.15, 0.2) is 47.4 Å². The predicted octanol–water partition coefficient (Wildman–Crippen LogP) is 3.29. The van der Waals surface area contributed by atoms with E-state index in [4.69, 9.17) is 11.6 Å². The fraction of sp³-hybridized carbons (Fsp3) is 0.278. The third kappa shape index (κ3) is 5.04. The number of hydrogen-bond acceptors (Lipinski definition) is 3. The first-order chi connectivity index (χ1) is 11.7. The fourth-order valence-electron chi connectivity index (χ4n) is 2.54. The summed E-state index contributed by atoms with van der Waals surface area (Å²) in [4.78, 5) is 13.7. The molecule has 0 aliphatic rings. The van der Waals surface area contributed by atoms with E-state index in [1.807, 2.05) is 32.0 Å². The molecule has 0 spiro atoms. The Kier molecular flexibility index (Phi) is 6.21. The number of nitrogens with zero attached hydrogens (tertiary/aromatic N) is 1. The maximum atomic E-state index is 12.3. The number of aryl methyl sites for hydroxylation is 2. The van der Waals surface area contributed by atoms with Crippen LogP contribution in [0.1, 0.15) is 18.1 Å². The summed E-state index contributed by atoms with van der Waals surface area (Å²) in [6.45, 7) is 5.72. The SMILES string of the molecule is CC(=O)N(CCNS(=O)(=O)c1ccc(Cl)cc1)c1ccc(C)cc1C. The van der Waals surface area contributed by atoms with Crippen LogP contribution in [-0.4, -0.2) is 27.4 Å². The van der Waals surface area contributed by atoms with Crippen LogP contribution in [0.5, 0.6) is 0 Å². The van der Waals surface area contributed by atoms with Gasteiger partial charge in [0.15, 0.2) is 0 Å². The van der Waals surface area contributed by atoms with Gasteiger partial charge in [0.1, 0.15) is 0 Å². The fourth-order valence-corrected chi connectivity index (χ4v) is 3.69. The molecule has 2 aromatic rings. The maximum Gasteiger partial charge on any atom is 0.240 e. The Morgan fingerprint density at radius 1 is 1.12 bits per heavy atom. The molecule has 7 heteroatoms. The zero-order valence-corrected chi connectivity index (χ0v) is 16.0. The summed E-state index contributed by atoms with van der Waals surface area (Å²) in [6.07, 6.45) is 0. The molecule has 0 radical (unpaired) electrons. The van der Waals surface area contributed by atoms with Crippen molar-refractivity contribution in [2.24, 2.45) is 0 Å². The Morgan fingerprint density at radius 2 is 1.76 bits per heavy atom. The molecule has 1 amide bonds. The van der Waals surface area contributed by atoms with E-state index in [0.717, 1.165) is 16.8 Å². The highest BCUT2D eigenvalue weighted by Gasteiger charge is 2.17. The number of halogens is 1. The van der Waals surface area contributed by atoms with Crippen LogP contribution in [0.2, 0.25) is 5.02 Å². The molecule has 0 saturated heterocycles. The first-order valence-corrected chi connectivity index (χ1v) is 9.67. The number of anilines is 1. The number of amides is 1. The third-order valence-corrected chi connectivity index (χ3v) is 5.50. The zero-order chi connectivity index (χ0) is 18.6. The first kappa shape index (κ1) is 19.4. The Hall–Kier alpha value is -1.89. The molecule has 1 N–H and O–H groups in total. The molecule has 0 aliphatic carbocycles. The average Bonchev–Trinajstić information content (AvgIpc) is 2.52. The van der Waals surface area contributed by atoms with Gasteiger partial charge in [-0.2, -0.15) is 0 Å². The van der Waals surface area contributed by atoms with Crippen molar-refractivity contribution in [2.45, 2.75) is 25.7 Å². The maximum absolute atomic E-state index is 12.3. The highest BCUT2D eigenvalue weighted by Crippen LogP contribution is 2.21. The summed E-state index contributed by atoms with van der Waals surface area (Å²) in [6, 6.07) is 11.7. The van der Waals surface area contributed by atoms with Crippen LogP contribution in [0, 0.1) is 13.8 Å². The topological polar surface area (TPSA) is 66.5 Å². The van der Waals surface area contributed by atoms with Crippen molar-refractivity contribution in [3.8, 4) is 0 Å². The lowest BCUT2D eigenvalue weighted by atomic mass is 10.1. The van der Waals surface area contributed by atoms with E-state index in [0.29, 0.717) is 5.02 Å². The van der Waals surface area contributed by atoms with Gasteiger partial charge >= 0.3 is 0 Å². The van der Waals surface area contributed by atoms with Crippen LogP contribution in [0.4, 0.5) is 5.69 Å². The number of hydrogen-bond donors (Lipinski definition) is 1. The van der Waals surface area contributed by atoms with Gasteiger partial charge in [-0.15, -0.1) is 0 Å². The molecule has 0 heterocycles. The highest BCUT2D eigenvalue weighted by atomic mass is 35.5. The van der Waals surface area contributed by atoms with E-state index in [2.05, 4.69) is 4.72 Å². The lowest BCUT2D eigenvalue weighted by Crippen LogP contribution is -2.37. The second-order valence-corrected chi connectivity index (χ2v) is 8.02. The molecule has 0 bridgehead atoms. The molecule has 134 valence electrons. The van der Waals surface area contributed by atoms with E-state index in [-0.39, 0.29) is 23.9 Å². The van der Waals surface area contributed by atoms with Crippen molar-refractivity contribution in [3.63, 3.8) is 0 Å². The third-order valence-electron chi connectivity index (χ3n) is 3.77. The number of nitrogens with one attached hydrogen (secondary N) is 1. The lowest BCUT2D eigenvalue weighted by Gasteiger charge is -2.23. The van der Waals surface area contributed by atoms with Gasteiger partial charge in [0, 0.05) is 30.7 Å². The molecule has 0 fully saturated rings. The molecule has 2 rings (SSSR count). The Bertz CT molecular complexity index is 864. The molecule has 25 heavy (non-hydrogen) atoms. The standard InChI is InChI=1S/C18H21ClN2O3S/c1-13-4-9-18(14(2)12-13)21(15(3)22)11-10-20-25(23,24)17-7-5-16(19)6-8-17/h4-9,12,20H,10-11H2,1-3H3. The average molecular weight is 381 g/mol. The minimum atomic E-state index is -3.64. The molecular formula is C18H21ClN2O3S. The molecule has 5 nitrogen and oxygen atoms in total. The molecule has 0 saturated carbocycles. The van der Waals surface area contributed by atoms with Gasteiger partial charge in [-0.25, -0.2) is 13.1 Å². The van der Waals surface area contributed by atoms with E-state index >= 15 is 0 Å². The van der Waals surface area contributed by atoms with Gasteiger partial charge in [-0.05, 0) is 49.7 Å². The van der Waals surface area contributed by atoms with Gasteiger partial charge < -0.3 is 4.90 Å². The molecule has 0 aliphatic heterocycles. The smallest absolute Gasteiger partial charge is 0.240 e. The van der Waals surface area contributed by atoms with Gasteiger partial charge in [0.2, 0.25) is 15.9 Å². The van der Waals surface area contributed by atoms with E-state index in [1.165, 1.54) is 31.2 Å². The normalized spacial score (nSPS) is 11.4. The number of carbonyl (C=O) groups excluding carboxylic acids is 1. The second-order valence-electron chi connectivity index (χ2n) is 5.81. The van der Waals surface area contributed by atoms with Gasteiger partial charge in [0.25, 0.3) is 0 Å². The summed E-state index contributed by atoms with van der Waals surface area (Å²) in [5.41, 5.74) is 2.85. The zero-order valence-electron chi connectivity index (χ0n) is 14.4. The lowest BCUT2D eigenvalue weighted by molar-refractivity contribution is -0.116. The van der Waals surface area contributed by atoms with Crippen molar-refractivity contribution in [1.82, 2.24) is 4.72 Å². The van der Waals surface area contributed by atoms with Crippen LogP contribution in [-0.2, 0) is 14.8 Å². The molecule has 2 aromatic carbocycles. The van der Waals surface area contributed by atoms with E-state index in [1.54, 1.807) is 4.90 Å². The van der Waals surface area contributed by atoms with Crippen LogP contribution in [0.25, 0.3) is 0 Å². The summed E-state index contributed by atoms with van der Waals surface area (Å²) >= 11 is 5.78. The minimum Gasteiger partial charge on any atom is -0.311 e. The van der Waals surface area contributed by atoms with Crippen molar-refractivity contribution in [3.05, 3.63) is 58.6 Å². The van der Waals surface area contributed by atoms with Crippen LogP contribution >= 0.6 is 11.6 Å². The first-order valence-electron chi connectivity index (χ1n) is 7.81.